The summed E-state index contributed by atoms with van der Waals surface area (Å²) in [6, 6.07) is 11.3. The molecule has 1 amide bonds. The number of thiocarbonyl (C=S) groups is 1. The van der Waals surface area contributed by atoms with Crippen LogP contribution in [0.3, 0.4) is 0 Å². The van der Waals surface area contributed by atoms with Gasteiger partial charge in [-0.1, -0.05) is 12.2 Å². The summed E-state index contributed by atoms with van der Waals surface area (Å²) in [7, 11) is 1.77. The van der Waals surface area contributed by atoms with E-state index < -0.39 is 0 Å². The highest BCUT2D eigenvalue weighted by Gasteiger charge is 2.16. The molecule has 6 heteroatoms. The number of carbonyl (C=O) groups is 1. The van der Waals surface area contributed by atoms with E-state index in [0.29, 0.717) is 4.99 Å². The van der Waals surface area contributed by atoms with Crippen LogP contribution in [0.25, 0.3) is 9.40 Å². The van der Waals surface area contributed by atoms with E-state index in [4.69, 9.17) is 18.0 Å². The molecule has 2 N–H and O–H groups in total. The predicted octanol–water partition coefficient (Wildman–Crippen LogP) is 3.87. The number of carbonyl (C=O) groups excluding carboxylic acids is 1. The average Bonchev–Trinajstić information content (AvgIpc) is 3.07. The van der Waals surface area contributed by atoms with Crippen LogP contribution in [0.1, 0.15) is 15.2 Å². The van der Waals surface area contributed by atoms with Crippen LogP contribution in [0, 0.1) is 0 Å². The number of benzene rings is 1. The van der Waals surface area contributed by atoms with E-state index in [-0.39, 0.29) is 5.91 Å². The van der Waals surface area contributed by atoms with Gasteiger partial charge in [-0.3, -0.25) is 4.79 Å². The van der Waals surface area contributed by atoms with Crippen molar-refractivity contribution in [3.63, 3.8) is 0 Å². The van der Waals surface area contributed by atoms with Crippen LogP contribution in [0.2, 0.25) is 0 Å². The Bertz CT molecular complexity index is 788. The Morgan fingerprint density at radius 3 is 2.52 bits per heavy atom. The van der Waals surface area contributed by atoms with Gasteiger partial charge in [0.15, 0.2) is 0 Å². The SMILES string of the molecule is CN(C(=O)c1cc2sccc2s1)c1ccc(C(N)=S)cc1. The Balaban J connectivity index is 1.86. The van der Waals surface area contributed by atoms with Crippen LogP contribution < -0.4 is 10.6 Å². The van der Waals surface area contributed by atoms with E-state index in [2.05, 4.69) is 0 Å². The Labute approximate surface area is 135 Å². The van der Waals surface area contributed by atoms with Crippen LogP contribution >= 0.6 is 34.9 Å². The number of rotatable bonds is 3. The second-order valence-electron chi connectivity index (χ2n) is 4.54. The minimum Gasteiger partial charge on any atom is -0.389 e. The molecule has 21 heavy (non-hydrogen) atoms. The molecule has 0 saturated heterocycles. The highest BCUT2D eigenvalue weighted by atomic mass is 32.1. The minimum atomic E-state index is -0.00789. The van der Waals surface area contributed by atoms with Crippen molar-refractivity contribution < 1.29 is 4.79 Å². The lowest BCUT2D eigenvalue weighted by molar-refractivity contribution is 0.0997. The van der Waals surface area contributed by atoms with Gasteiger partial charge in [-0.2, -0.15) is 0 Å². The molecule has 0 atom stereocenters. The Hall–Kier alpha value is -1.76. The lowest BCUT2D eigenvalue weighted by Gasteiger charge is -2.16. The summed E-state index contributed by atoms with van der Waals surface area (Å²) in [6.07, 6.45) is 0. The van der Waals surface area contributed by atoms with Gasteiger partial charge in [0, 0.05) is 27.7 Å². The quantitative estimate of drug-likeness (QED) is 0.741. The zero-order chi connectivity index (χ0) is 15.0. The summed E-state index contributed by atoms with van der Waals surface area (Å²) in [5.41, 5.74) is 7.19. The summed E-state index contributed by atoms with van der Waals surface area (Å²) in [5, 5.41) is 2.04. The van der Waals surface area contributed by atoms with Crippen molar-refractivity contribution in [2.45, 2.75) is 0 Å². The summed E-state index contributed by atoms with van der Waals surface area (Å²) < 4.78 is 2.31. The second kappa shape index (κ2) is 5.55. The molecule has 0 spiro atoms. The van der Waals surface area contributed by atoms with Crippen molar-refractivity contribution in [1.29, 1.82) is 0 Å². The standard InChI is InChI=1S/C15H12N2OS3/c1-17(10-4-2-9(3-5-10)14(16)19)15(18)13-8-12-11(21-13)6-7-20-12/h2-8H,1H3,(H2,16,19). The second-order valence-corrected chi connectivity index (χ2v) is 7.01. The normalized spacial score (nSPS) is 10.7. The maximum atomic E-state index is 12.5. The van der Waals surface area contributed by atoms with Crippen LogP contribution in [0.4, 0.5) is 5.69 Å². The molecule has 3 nitrogen and oxygen atoms in total. The smallest absolute Gasteiger partial charge is 0.268 e. The van der Waals surface area contributed by atoms with Gasteiger partial charge in [-0.15, -0.1) is 22.7 Å². The van der Waals surface area contributed by atoms with E-state index in [9.17, 15) is 4.79 Å². The molecule has 0 saturated carbocycles. The van der Waals surface area contributed by atoms with Crippen LogP contribution in [-0.4, -0.2) is 17.9 Å². The van der Waals surface area contributed by atoms with Gasteiger partial charge in [-0.25, -0.2) is 0 Å². The van der Waals surface area contributed by atoms with Crippen LogP contribution in [0.5, 0.6) is 0 Å². The Kier molecular flexibility index (Phi) is 3.75. The van der Waals surface area contributed by atoms with Crippen molar-refractivity contribution in [1.82, 2.24) is 0 Å². The first kappa shape index (κ1) is 14.2. The zero-order valence-corrected chi connectivity index (χ0v) is 13.6. The predicted molar refractivity (Wildman–Crippen MR) is 94.8 cm³/mol. The molecule has 2 aromatic heterocycles. The fourth-order valence-electron chi connectivity index (χ4n) is 2.00. The summed E-state index contributed by atoms with van der Waals surface area (Å²) in [6.45, 7) is 0. The number of anilines is 1. The molecule has 3 aromatic rings. The van der Waals surface area contributed by atoms with Gasteiger partial charge < -0.3 is 10.6 Å². The zero-order valence-electron chi connectivity index (χ0n) is 11.2. The van der Waals surface area contributed by atoms with Gasteiger partial charge in [0.25, 0.3) is 5.91 Å². The monoisotopic (exact) mass is 332 g/mol. The number of amides is 1. The van der Waals surface area contributed by atoms with Gasteiger partial charge >= 0.3 is 0 Å². The number of nitrogens with two attached hydrogens (primary N) is 1. The van der Waals surface area contributed by atoms with E-state index in [0.717, 1.165) is 25.5 Å². The lowest BCUT2D eigenvalue weighted by Crippen LogP contribution is -2.25. The Morgan fingerprint density at radius 2 is 1.90 bits per heavy atom. The maximum Gasteiger partial charge on any atom is 0.268 e. The van der Waals surface area contributed by atoms with Gasteiger partial charge in [0.05, 0.1) is 4.88 Å². The molecule has 0 bridgehead atoms. The molecule has 2 heterocycles. The third-order valence-corrected chi connectivity index (χ3v) is 5.51. The highest BCUT2D eigenvalue weighted by molar-refractivity contribution is 7.80. The van der Waals surface area contributed by atoms with E-state index >= 15 is 0 Å². The molecule has 0 unspecified atom stereocenters. The van der Waals surface area contributed by atoms with Crippen molar-refractivity contribution in [3.8, 4) is 0 Å². The fourth-order valence-corrected chi connectivity index (χ4v) is 4.22. The summed E-state index contributed by atoms with van der Waals surface area (Å²) in [4.78, 5) is 15.3. The van der Waals surface area contributed by atoms with Crippen molar-refractivity contribution >= 4 is 60.9 Å². The van der Waals surface area contributed by atoms with Crippen LogP contribution in [-0.2, 0) is 0 Å². The first-order chi connectivity index (χ1) is 10.1. The lowest BCUT2D eigenvalue weighted by atomic mass is 10.2. The van der Waals surface area contributed by atoms with Crippen molar-refractivity contribution in [2.24, 2.45) is 5.73 Å². The molecule has 0 aliphatic rings. The highest BCUT2D eigenvalue weighted by Crippen LogP contribution is 2.31. The van der Waals surface area contributed by atoms with Gasteiger partial charge in [0.2, 0.25) is 0 Å². The largest absolute Gasteiger partial charge is 0.389 e. The summed E-state index contributed by atoms with van der Waals surface area (Å²) in [5.74, 6) is -0.00789. The molecular weight excluding hydrogens is 320 g/mol. The average molecular weight is 332 g/mol. The first-order valence-corrected chi connectivity index (χ1v) is 8.31. The van der Waals surface area contributed by atoms with Crippen LogP contribution in [0.15, 0.2) is 41.8 Å². The number of fused-ring (bicyclic) bond motifs is 1. The number of nitrogens with zero attached hydrogens (tertiary/aromatic N) is 1. The number of thiophene rings is 2. The molecular formula is C15H12N2OS3. The molecule has 0 aliphatic carbocycles. The van der Waals surface area contributed by atoms with E-state index in [1.54, 1.807) is 23.3 Å². The van der Waals surface area contributed by atoms with Gasteiger partial charge in [-0.05, 0) is 41.8 Å². The molecule has 106 valence electrons. The first-order valence-electron chi connectivity index (χ1n) is 6.21. The van der Waals surface area contributed by atoms with E-state index in [1.807, 2.05) is 41.8 Å². The van der Waals surface area contributed by atoms with Crippen molar-refractivity contribution in [3.05, 3.63) is 52.2 Å². The number of hydrogen-bond acceptors (Lipinski definition) is 4. The van der Waals surface area contributed by atoms with Crippen molar-refractivity contribution in [2.75, 3.05) is 11.9 Å². The molecule has 3 rings (SSSR count). The van der Waals surface area contributed by atoms with Gasteiger partial charge in [0.1, 0.15) is 4.99 Å². The minimum absolute atomic E-state index is 0.00789. The fraction of sp³-hybridized carbons (Fsp3) is 0.0667. The summed E-state index contributed by atoms with van der Waals surface area (Å²) >= 11 is 8.10. The maximum absolute atomic E-state index is 12.5. The third kappa shape index (κ3) is 2.70. The molecule has 0 fully saturated rings. The Morgan fingerprint density at radius 1 is 1.19 bits per heavy atom. The number of hydrogen-bond donors (Lipinski definition) is 1. The third-order valence-electron chi connectivity index (χ3n) is 3.19. The molecule has 0 aliphatic heterocycles. The molecule has 1 aromatic carbocycles. The molecule has 0 radical (unpaired) electrons. The topological polar surface area (TPSA) is 46.3 Å². The van der Waals surface area contributed by atoms with E-state index in [1.165, 1.54) is 11.3 Å².